The van der Waals surface area contributed by atoms with Crippen molar-refractivity contribution in [2.45, 2.75) is 0 Å². The van der Waals surface area contributed by atoms with Gasteiger partial charge in [0, 0.05) is 5.90 Å². The van der Waals surface area contributed by atoms with Crippen LogP contribution in [-0.2, 0) is 0 Å². The summed E-state index contributed by atoms with van der Waals surface area (Å²) in [6.07, 6.45) is 1.51. The van der Waals surface area contributed by atoms with Gasteiger partial charge >= 0.3 is 0 Å². The molecule has 118 valence electrons. The zero-order chi connectivity index (χ0) is 15.2. The molecule has 0 aliphatic heterocycles. The molecule has 0 N–H and O–H groups in total. The largest absolute Gasteiger partial charge is 0.857 e. The molecule has 1 rings (SSSR count). The van der Waals surface area contributed by atoms with Gasteiger partial charge in [-0.25, -0.2) is 0 Å². The molecule has 21 heavy (non-hydrogen) atoms. The first-order chi connectivity index (χ1) is 9.35. The summed E-state index contributed by atoms with van der Waals surface area (Å²) in [5, 5.41) is 19.0. The van der Waals surface area contributed by atoms with Gasteiger partial charge in [-0.1, -0.05) is 0 Å². The van der Waals surface area contributed by atoms with E-state index in [0.29, 0.717) is 22.5 Å². The van der Waals surface area contributed by atoms with E-state index in [1.54, 1.807) is 26.4 Å². The maximum absolute atomic E-state index is 11.5. The number of ether oxygens (including phenoxy) is 2. The standard InChI is InChI=1S/C14H21N3O3.ClH/c1-17(2,3)10-14(18)16-15-9-11-6-7-12(19-4)13(8-11)20-5;/h6-9H,10H2,1-5H3;1H/b15-9-;. The Morgan fingerprint density at radius 3 is 2.33 bits per heavy atom. The average molecular weight is 316 g/mol. The van der Waals surface area contributed by atoms with Crippen molar-refractivity contribution >= 4 is 24.5 Å². The van der Waals surface area contributed by atoms with Gasteiger partial charge in [0.2, 0.25) is 0 Å². The Morgan fingerprint density at radius 1 is 1.19 bits per heavy atom. The number of likely N-dealkylation sites (N-methyl/N-ethyl adjacent to an activating group) is 1. The molecular weight excluding hydrogens is 294 g/mol. The first-order valence-corrected chi connectivity index (χ1v) is 6.15. The fraction of sp³-hybridized carbons (Fsp3) is 0.429. The highest BCUT2D eigenvalue weighted by Crippen LogP contribution is 2.26. The summed E-state index contributed by atoms with van der Waals surface area (Å²) < 4.78 is 10.8. The number of rotatable bonds is 6. The topological polar surface area (TPSA) is 66.2 Å². The Kier molecular flexibility index (Phi) is 7.76. The van der Waals surface area contributed by atoms with Crippen molar-refractivity contribution in [3.63, 3.8) is 0 Å². The van der Waals surface area contributed by atoms with Crippen LogP contribution in [0.4, 0.5) is 0 Å². The van der Waals surface area contributed by atoms with Gasteiger partial charge in [-0.15, -0.1) is 12.4 Å². The number of nitrogens with zero attached hydrogens (tertiary/aromatic N) is 3. The Hall–Kier alpha value is -1.79. The minimum absolute atomic E-state index is 0. The fourth-order valence-corrected chi connectivity index (χ4v) is 1.53. The average Bonchev–Trinajstić information content (AvgIpc) is 2.36. The van der Waals surface area contributed by atoms with Crippen LogP contribution in [0.1, 0.15) is 5.56 Å². The summed E-state index contributed by atoms with van der Waals surface area (Å²) in [6.45, 7) is 0.309. The first-order valence-electron chi connectivity index (χ1n) is 6.15. The molecule has 0 fully saturated rings. The van der Waals surface area contributed by atoms with Gasteiger partial charge in [0.15, 0.2) is 11.5 Å². The maximum atomic E-state index is 11.5. The highest BCUT2D eigenvalue weighted by molar-refractivity contribution is 5.85. The van der Waals surface area contributed by atoms with E-state index in [1.807, 2.05) is 27.2 Å². The van der Waals surface area contributed by atoms with E-state index < -0.39 is 0 Å². The molecule has 0 saturated heterocycles. The predicted molar refractivity (Wildman–Crippen MR) is 84.7 cm³/mol. The first kappa shape index (κ1) is 19.2. The molecular formula is C14H22ClN3O3. The third kappa shape index (κ3) is 6.97. The highest BCUT2D eigenvalue weighted by Gasteiger charge is 2.05. The van der Waals surface area contributed by atoms with Crippen LogP contribution in [0.2, 0.25) is 0 Å². The summed E-state index contributed by atoms with van der Waals surface area (Å²) in [7, 11) is 8.90. The molecule has 0 unspecified atom stereocenters. The molecule has 1 aromatic rings. The Labute approximate surface area is 131 Å². The number of methoxy groups -OCH3 is 2. The van der Waals surface area contributed by atoms with Crippen LogP contribution in [0.25, 0.3) is 0 Å². The summed E-state index contributed by atoms with van der Waals surface area (Å²) in [5.74, 6) is 0.992. The van der Waals surface area contributed by atoms with Gasteiger partial charge in [-0.3, -0.25) is 0 Å². The van der Waals surface area contributed by atoms with Gasteiger partial charge < -0.3 is 19.1 Å². The van der Waals surface area contributed by atoms with Crippen LogP contribution in [0, 0.1) is 0 Å². The Balaban J connectivity index is 0.00000400. The SMILES string of the molecule is COc1ccc(/C=N\N=C(/[O-])C[N+](C)(C)C)cc1OC.Cl. The normalized spacial score (nSPS) is 12.1. The van der Waals surface area contributed by atoms with Crippen molar-refractivity contribution in [2.75, 3.05) is 41.9 Å². The number of quaternary nitrogens is 1. The summed E-state index contributed by atoms with van der Waals surface area (Å²) in [6, 6.07) is 5.35. The zero-order valence-corrected chi connectivity index (χ0v) is 13.8. The number of benzene rings is 1. The van der Waals surface area contributed by atoms with Crippen LogP contribution >= 0.6 is 12.4 Å². The fourth-order valence-electron chi connectivity index (χ4n) is 1.53. The monoisotopic (exact) mass is 315 g/mol. The minimum atomic E-state index is -0.255. The van der Waals surface area contributed by atoms with Gasteiger partial charge in [0.25, 0.3) is 0 Å². The van der Waals surface area contributed by atoms with Gasteiger partial charge in [-0.2, -0.15) is 10.2 Å². The van der Waals surface area contributed by atoms with Crippen molar-refractivity contribution < 1.29 is 19.1 Å². The number of hydrogen-bond donors (Lipinski definition) is 0. The summed E-state index contributed by atoms with van der Waals surface area (Å²) in [5.41, 5.74) is 0.782. The highest BCUT2D eigenvalue weighted by atomic mass is 35.5. The minimum Gasteiger partial charge on any atom is -0.857 e. The number of hydrogen-bond acceptors (Lipinski definition) is 5. The van der Waals surface area contributed by atoms with Crippen LogP contribution in [0.3, 0.4) is 0 Å². The molecule has 0 radical (unpaired) electrons. The molecule has 0 bridgehead atoms. The van der Waals surface area contributed by atoms with Crippen LogP contribution in [0.15, 0.2) is 28.4 Å². The van der Waals surface area contributed by atoms with E-state index >= 15 is 0 Å². The van der Waals surface area contributed by atoms with Crippen LogP contribution in [-0.4, -0.2) is 58.5 Å². The number of halogens is 1. The maximum Gasteiger partial charge on any atom is 0.161 e. The van der Waals surface area contributed by atoms with Gasteiger partial charge in [-0.05, 0) is 23.8 Å². The lowest BCUT2D eigenvalue weighted by atomic mass is 10.2. The van der Waals surface area contributed by atoms with Gasteiger partial charge in [0.1, 0.15) is 6.54 Å². The van der Waals surface area contributed by atoms with Crippen molar-refractivity contribution in [1.82, 2.24) is 0 Å². The Bertz CT molecular complexity index is 511. The summed E-state index contributed by atoms with van der Waals surface area (Å²) >= 11 is 0. The lowest BCUT2D eigenvalue weighted by Crippen LogP contribution is -2.43. The van der Waals surface area contributed by atoms with E-state index in [4.69, 9.17) is 9.47 Å². The van der Waals surface area contributed by atoms with Crippen molar-refractivity contribution in [1.29, 1.82) is 0 Å². The van der Waals surface area contributed by atoms with E-state index in [9.17, 15) is 5.11 Å². The molecule has 1 aromatic carbocycles. The third-order valence-electron chi connectivity index (χ3n) is 2.39. The van der Waals surface area contributed by atoms with Crippen LogP contribution in [0.5, 0.6) is 11.5 Å². The predicted octanol–water partition coefficient (Wildman–Crippen LogP) is 0.925. The lowest BCUT2D eigenvalue weighted by Gasteiger charge is -2.25. The van der Waals surface area contributed by atoms with Crippen molar-refractivity contribution in [3.05, 3.63) is 23.8 Å². The molecule has 0 heterocycles. The quantitative estimate of drug-likeness (QED) is 0.339. The van der Waals surface area contributed by atoms with E-state index in [0.717, 1.165) is 5.56 Å². The van der Waals surface area contributed by atoms with E-state index in [-0.39, 0.29) is 18.3 Å². The lowest BCUT2D eigenvalue weighted by molar-refractivity contribution is -0.863. The summed E-state index contributed by atoms with van der Waals surface area (Å²) in [4.78, 5) is 0. The second kappa shape index (κ2) is 8.49. The molecule has 6 nitrogen and oxygen atoms in total. The van der Waals surface area contributed by atoms with E-state index in [2.05, 4.69) is 10.2 Å². The zero-order valence-electron chi connectivity index (χ0n) is 13.0. The molecule has 0 aliphatic rings. The molecule has 0 amide bonds. The Morgan fingerprint density at radius 2 is 1.81 bits per heavy atom. The van der Waals surface area contributed by atoms with Crippen LogP contribution < -0.4 is 14.6 Å². The molecule has 7 heteroatoms. The molecule has 0 aromatic heterocycles. The second-order valence-corrected chi connectivity index (χ2v) is 5.30. The van der Waals surface area contributed by atoms with Crippen molar-refractivity contribution in [2.24, 2.45) is 10.2 Å². The van der Waals surface area contributed by atoms with E-state index in [1.165, 1.54) is 6.21 Å². The molecule has 0 saturated carbocycles. The molecule has 0 spiro atoms. The second-order valence-electron chi connectivity index (χ2n) is 5.30. The third-order valence-corrected chi connectivity index (χ3v) is 2.39. The molecule has 0 atom stereocenters. The van der Waals surface area contributed by atoms with Crippen molar-refractivity contribution in [3.8, 4) is 11.5 Å². The molecule has 0 aliphatic carbocycles. The smallest absolute Gasteiger partial charge is 0.161 e. The van der Waals surface area contributed by atoms with Gasteiger partial charge in [0.05, 0.1) is 41.6 Å².